The molecule has 3 heterocycles. The number of hydrogen-bond donors (Lipinski definition) is 0. The van der Waals surface area contributed by atoms with E-state index in [2.05, 4.69) is 15.2 Å². The first-order valence-electron chi connectivity index (χ1n) is 10.0. The average molecular weight is 420 g/mol. The van der Waals surface area contributed by atoms with Crippen LogP contribution in [0.1, 0.15) is 35.0 Å². The number of pyridine rings is 1. The van der Waals surface area contributed by atoms with Crippen LogP contribution in [-0.4, -0.2) is 39.1 Å². The van der Waals surface area contributed by atoms with Crippen LogP contribution in [0.4, 0.5) is 8.78 Å². The molecule has 0 spiro atoms. The highest BCUT2D eigenvalue weighted by atomic mass is 19.2. The molecule has 156 valence electrons. The molecule has 1 saturated heterocycles. The smallest absolute Gasteiger partial charge is 0.266 e. The second kappa shape index (κ2) is 7.86. The number of carbonyl (C=O) groups is 1. The van der Waals surface area contributed by atoms with Gasteiger partial charge >= 0.3 is 0 Å². The number of benzene rings is 2. The van der Waals surface area contributed by atoms with E-state index in [1.807, 2.05) is 30.3 Å². The van der Waals surface area contributed by atoms with Crippen LogP contribution in [0.3, 0.4) is 0 Å². The maximum atomic E-state index is 13.5. The molecule has 0 unspecified atom stereocenters. The van der Waals surface area contributed by atoms with E-state index in [1.165, 1.54) is 6.07 Å². The van der Waals surface area contributed by atoms with Crippen molar-refractivity contribution < 1.29 is 18.0 Å². The maximum absolute atomic E-state index is 13.5. The Balaban J connectivity index is 1.30. The predicted octanol–water partition coefficient (Wildman–Crippen LogP) is 4.58. The zero-order chi connectivity index (χ0) is 21.4. The van der Waals surface area contributed by atoms with E-state index in [0.29, 0.717) is 43.4 Å². The molecular weight excluding hydrogens is 402 g/mol. The number of aromatic nitrogens is 3. The Kier molecular flexibility index (Phi) is 4.89. The van der Waals surface area contributed by atoms with Crippen LogP contribution in [0.5, 0.6) is 0 Å². The van der Waals surface area contributed by atoms with Crippen molar-refractivity contribution in [2.45, 2.75) is 18.8 Å². The van der Waals surface area contributed by atoms with E-state index in [4.69, 9.17) is 4.42 Å². The van der Waals surface area contributed by atoms with Gasteiger partial charge in [-0.25, -0.2) is 8.78 Å². The molecule has 2 aromatic heterocycles. The van der Waals surface area contributed by atoms with Gasteiger partial charge in [0.2, 0.25) is 5.89 Å². The molecule has 6 nitrogen and oxygen atoms in total. The molecule has 1 aliphatic heterocycles. The second-order valence-electron chi connectivity index (χ2n) is 7.52. The number of piperidine rings is 1. The van der Waals surface area contributed by atoms with Crippen LogP contribution < -0.4 is 0 Å². The van der Waals surface area contributed by atoms with Crippen LogP contribution in [0.15, 0.2) is 59.1 Å². The van der Waals surface area contributed by atoms with Gasteiger partial charge in [-0.2, -0.15) is 0 Å². The highest BCUT2D eigenvalue weighted by Crippen LogP contribution is 2.31. The molecular formula is C23H18F2N4O2. The van der Waals surface area contributed by atoms with Gasteiger partial charge in [0, 0.05) is 36.2 Å². The summed E-state index contributed by atoms with van der Waals surface area (Å²) >= 11 is 0. The molecule has 4 aromatic rings. The fourth-order valence-electron chi connectivity index (χ4n) is 3.93. The summed E-state index contributed by atoms with van der Waals surface area (Å²) in [5.41, 5.74) is 0.780. The molecule has 5 rings (SSSR count). The van der Waals surface area contributed by atoms with Gasteiger partial charge in [0.05, 0.1) is 0 Å². The molecule has 0 radical (unpaired) electrons. The van der Waals surface area contributed by atoms with E-state index in [1.54, 1.807) is 11.1 Å². The molecule has 31 heavy (non-hydrogen) atoms. The summed E-state index contributed by atoms with van der Waals surface area (Å²) in [6.45, 7) is 0.930. The van der Waals surface area contributed by atoms with Crippen LogP contribution in [0, 0.1) is 11.6 Å². The Labute approximate surface area is 176 Å². The first kappa shape index (κ1) is 19.3. The Morgan fingerprint density at radius 2 is 1.81 bits per heavy atom. The van der Waals surface area contributed by atoms with Crippen molar-refractivity contribution in [1.82, 2.24) is 20.1 Å². The van der Waals surface area contributed by atoms with Gasteiger partial charge in [-0.3, -0.25) is 9.78 Å². The summed E-state index contributed by atoms with van der Waals surface area (Å²) in [5.74, 6) is -1.41. The lowest BCUT2D eigenvalue weighted by atomic mass is 9.96. The molecule has 2 aromatic carbocycles. The normalized spacial score (nSPS) is 14.8. The third kappa shape index (κ3) is 3.65. The molecule has 0 saturated carbocycles. The first-order valence-corrected chi connectivity index (χ1v) is 10.0. The van der Waals surface area contributed by atoms with Crippen LogP contribution in [0.25, 0.3) is 22.4 Å². The quantitative estimate of drug-likeness (QED) is 0.485. The van der Waals surface area contributed by atoms with Crippen LogP contribution >= 0.6 is 0 Å². The summed E-state index contributed by atoms with van der Waals surface area (Å²) in [5, 5.41) is 10.4. The number of carbonyl (C=O) groups excluding carboxylic acids is 1. The van der Waals surface area contributed by atoms with Crippen molar-refractivity contribution in [2.24, 2.45) is 0 Å². The molecule has 1 amide bonds. The number of nitrogens with zero attached hydrogens (tertiary/aromatic N) is 4. The number of fused-ring (bicyclic) bond motifs is 1. The van der Waals surface area contributed by atoms with Gasteiger partial charge in [0.1, 0.15) is 5.69 Å². The fourth-order valence-corrected chi connectivity index (χ4v) is 3.93. The van der Waals surface area contributed by atoms with Gasteiger partial charge in [0.25, 0.3) is 11.8 Å². The Hall–Kier alpha value is -3.68. The lowest BCUT2D eigenvalue weighted by molar-refractivity contribution is 0.0706. The maximum Gasteiger partial charge on any atom is 0.266 e. The number of likely N-dealkylation sites (tertiary alicyclic amines) is 1. The summed E-state index contributed by atoms with van der Waals surface area (Å²) in [6, 6.07) is 13.0. The topological polar surface area (TPSA) is 72.1 Å². The fraction of sp³-hybridized carbons (Fsp3) is 0.217. The van der Waals surface area contributed by atoms with E-state index in [-0.39, 0.29) is 17.4 Å². The third-order valence-corrected chi connectivity index (χ3v) is 5.61. The molecule has 8 heteroatoms. The minimum Gasteiger partial charge on any atom is -0.419 e. The number of halogens is 2. The van der Waals surface area contributed by atoms with Crippen molar-refractivity contribution in [3.05, 3.63) is 77.8 Å². The molecule has 1 aliphatic rings. The zero-order valence-corrected chi connectivity index (χ0v) is 16.5. The summed E-state index contributed by atoms with van der Waals surface area (Å²) in [6.07, 6.45) is 2.99. The van der Waals surface area contributed by atoms with Gasteiger partial charge in [-0.15, -0.1) is 10.2 Å². The lowest BCUT2D eigenvalue weighted by Gasteiger charge is -2.30. The van der Waals surface area contributed by atoms with E-state index >= 15 is 0 Å². The van der Waals surface area contributed by atoms with Crippen molar-refractivity contribution in [3.63, 3.8) is 0 Å². The molecule has 0 aliphatic carbocycles. The zero-order valence-electron chi connectivity index (χ0n) is 16.5. The minimum absolute atomic E-state index is 0.0187. The van der Waals surface area contributed by atoms with E-state index < -0.39 is 11.6 Å². The molecule has 1 fully saturated rings. The number of rotatable bonds is 3. The first-order chi connectivity index (χ1) is 15.1. The predicted molar refractivity (Wildman–Crippen MR) is 109 cm³/mol. The van der Waals surface area contributed by atoms with Gasteiger partial charge in [-0.1, -0.05) is 24.3 Å². The highest BCUT2D eigenvalue weighted by molar-refractivity contribution is 5.94. The standard InChI is InChI=1S/C23H18F2N4O2/c24-18-6-5-16(13-19(18)25)23(30)29-11-8-15(9-12-29)21-27-28-22(31-21)20-17-4-2-1-3-14(17)7-10-26-20/h1-7,10,13,15H,8-9,11-12H2. The van der Waals surface area contributed by atoms with Crippen LogP contribution in [-0.2, 0) is 0 Å². The summed E-state index contributed by atoms with van der Waals surface area (Å²) in [4.78, 5) is 18.6. The van der Waals surface area contributed by atoms with Crippen molar-refractivity contribution in [2.75, 3.05) is 13.1 Å². The third-order valence-electron chi connectivity index (χ3n) is 5.61. The molecule has 0 N–H and O–H groups in total. The second-order valence-corrected chi connectivity index (χ2v) is 7.52. The SMILES string of the molecule is O=C(c1ccc(F)c(F)c1)N1CCC(c2nnc(-c3nccc4ccccc34)o2)CC1. The highest BCUT2D eigenvalue weighted by Gasteiger charge is 2.28. The largest absolute Gasteiger partial charge is 0.419 e. The van der Waals surface area contributed by atoms with E-state index in [9.17, 15) is 13.6 Å². The monoisotopic (exact) mass is 420 g/mol. The average Bonchev–Trinajstić information content (AvgIpc) is 3.30. The van der Waals surface area contributed by atoms with Crippen molar-refractivity contribution >= 4 is 16.7 Å². The Morgan fingerprint density at radius 1 is 1.00 bits per heavy atom. The summed E-state index contributed by atoms with van der Waals surface area (Å²) in [7, 11) is 0. The minimum atomic E-state index is -1.03. The number of hydrogen-bond acceptors (Lipinski definition) is 5. The van der Waals surface area contributed by atoms with Crippen LogP contribution in [0.2, 0.25) is 0 Å². The Bertz CT molecular complexity index is 1260. The van der Waals surface area contributed by atoms with Crippen molar-refractivity contribution in [3.8, 4) is 11.6 Å². The summed E-state index contributed by atoms with van der Waals surface area (Å²) < 4.78 is 32.5. The Morgan fingerprint density at radius 3 is 2.61 bits per heavy atom. The number of amides is 1. The molecule has 0 bridgehead atoms. The van der Waals surface area contributed by atoms with Gasteiger partial charge < -0.3 is 9.32 Å². The molecule has 0 atom stereocenters. The van der Waals surface area contributed by atoms with Crippen molar-refractivity contribution in [1.29, 1.82) is 0 Å². The van der Waals surface area contributed by atoms with Gasteiger partial charge in [-0.05, 0) is 42.5 Å². The van der Waals surface area contributed by atoms with Gasteiger partial charge in [0.15, 0.2) is 11.6 Å². The van der Waals surface area contributed by atoms with E-state index in [0.717, 1.165) is 22.9 Å². The lowest BCUT2D eigenvalue weighted by Crippen LogP contribution is -2.38.